The van der Waals surface area contributed by atoms with E-state index in [4.69, 9.17) is 9.40 Å². The summed E-state index contributed by atoms with van der Waals surface area (Å²) in [6, 6.07) is 14.9. The first-order valence-corrected chi connectivity index (χ1v) is 7.99. The third kappa shape index (κ3) is 1.51. The van der Waals surface area contributed by atoms with Crippen molar-refractivity contribution in [2.75, 3.05) is 0 Å². The van der Waals surface area contributed by atoms with Crippen molar-refractivity contribution in [2.45, 2.75) is 26.2 Å². The van der Waals surface area contributed by atoms with Gasteiger partial charge in [-0.15, -0.1) is 0 Å². The number of benzene rings is 2. The highest BCUT2D eigenvalue weighted by molar-refractivity contribution is 6.15. The van der Waals surface area contributed by atoms with Gasteiger partial charge >= 0.3 is 0 Å². The molecule has 2 aromatic carbocycles. The quantitative estimate of drug-likeness (QED) is 0.422. The van der Waals surface area contributed by atoms with E-state index < -0.39 is 0 Å². The van der Waals surface area contributed by atoms with Crippen molar-refractivity contribution in [1.82, 2.24) is 4.98 Å². The first kappa shape index (κ1) is 12.9. The van der Waals surface area contributed by atoms with Crippen LogP contribution in [0, 0.1) is 6.92 Å². The second-order valence-electron chi connectivity index (χ2n) is 6.99. The third-order valence-electron chi connectivity index (χ3n) is 5.15. The summed E-state index contributed by atoms with van der Waals surface area (Å²) in [6.45, 7) is 6.68. The maximum atomic E-state index is 6.11. The molecule has 112 valence electrons. The zero-order valence-electron chi connectivity index (χ0n) is 13.5. The summed E-state index contributed by atoms with van der Waals surface area (Å²) >= 11 is 0. The van der Waals surface area contributed by atoms with Crippen LogP contribution in [0.25, 0.3) is 33.2 Å². The Balaban J connectivity index is 2.12. The average molecular weight is 299 g/mol. The Morgan fingerprint density at radius 1 is 0.913 bits per heavy atom. The number of fused-ring (bicyclic) bond motifs is 2. The van der Waals surface area contributed by atoms with Gasteiger partial charge in [-0.1, -0.05) is 44.2 Å². The lowest BCUT2D eigenvalue weighted by atomic mass is 9.76. The fraction of sp³-hybridized carbons (Fsp3) is 0.190. The van der Waals surface area contributed by atoms with E-state index in [1.165, 1.54) is 33.0 Å². The summed E-state index contributed by atoms with van der Waals surface area (Å²) in [4.78, 5) is 4.81. The number of hydrogen-bond donors (Lipinski definition) is 0. The zero-order valence-corrected chi connectivity index (χ0v) is 13.5. The summed E-state index contributed by atoms with van der Waals surface area (Å²) in [5, 5.41) is 2.43. The molecule has 0 spiro atoms. The molecule has 0 N–H and O–H groups in total. The molecular formula is C21H17NO. The third-order valence-corrected chi connectivity index (χ3v) is 5.15. The number of aryl methyl sites for hydroxylation is 1. The molecule has 0 atom stereocenters. The molecule has 0 amide bonds. The van der Waals surface area contributed by atoms with E-state index in [1.54, 1.807) is 0 Å². The van der Waals surface area contributed by atoms with Gasteiger partial charge in [0.05, 0.1) is 5.69 Å². The molecule has 4 aromatic rings. The Hall–Kier alpha value is -2.61. The van der Waals surface area contributed by atoms with Crippen molar-refractivity contribution in [2.24, 2.45) is 0 Å². The molecule has 1 aliphatic rings. The highest BCUT2D eigenvalue weighted by Gasteiger charge is 2.34. The van der Waals surface area contributed by atoms with Gasteiger partial charge in [-0.05, 0) is 35.7 Å². The monoisotopic (exact) mass is 299 g/mol. The zero-order chi connectivity index (χ0) is 15.8. The van der Waals surface area contributed by atoms with Crippen molar-refractivity contribution in [3.05, 3.63) is 65.4 Å². The van der Waals surface area contributed by atoms with Crippen LogP contribution < -0.4 is 0 Å². The van der Waals surface area contributed by atoms with Crippen molar-refractivity contribution in [3.8, 4) is 11.3 Å². The Labute approximate surface area is 134 Å². The minimum absolute atomic E-state index is 0.121. The van der Waals surface area contributed by atoms with E-state index >= 15 is 0 Å². The van der Waals surface area contributed by atoms with Gasteiger partial charge in [-0.3, -0.25) is 4.98 Å². The summed E-state index contributed by atoms with van der Waals surface area (Å²) < 4.78 is 6.11. The molecule has 1 aliphatic carbocycles. The van der Waals surface area contributed by atoms with Crippen LogP contribution in [0.15, 0.2) is 53.1 Å². The van der Waals surface area contributed by atoms with Crippen LogP contribution in [0.4, 0.5) is 0 Å². The van der Waals surface area contributed by atoms with Gasteiger partial charge in [0.15, 0.2) is 0 Å². The second-order valence-corrected chi connectivity index (χ2v) is 6.99. The van der Waals surface area contributed by atoms with E-state index in [0.29, 0.717) is 0 Å². The van der Waals surface area contributed by atoms with Gasteiger partial charge in [-0.2, -0.15) is 0 Å². The topological polar surface area (TPSA) is 26.0 Å². The lowest BCUT2D eigenvalue weighted by molar-refractivity contribution is 0.640. The van der Waals surface area contributed by atoms with Crippen LogP contribution in [0.2, 0.25) is 0 Å². The molecule has 0 aliphatic heterocycles. The van der Waals surface area contributed by atoms with Crippen LogP contribution >= 0.6 is 0 Å². The van der Waals surface area contributed by atoms with Crippen molar-refractivity contribution in [3.63, 3.8) is 0 Å². The normalized spacial score (nSPS) is 15.1. The number of nitrogens with zero attached hydrogens (tertiary/aromatic N) is 1. The summed E-state index contributed by atoms with van der Waals surface area (Å²) in [5.41, 5.74) is 7.82. The van der Waals surface area contributed by atoms with Gasteiger partial charge in [0.2, 0.25) is 0 Å². The van der Waals surface area contributed by atoms with Crippen LogP contribution in [-0.4, -0.2) is 4.98 Å². The van der Waals surface area contributed by atoms with E-state index in [0.717, 1.165) is 16.9 Å². The molecule has 0 unspecified atom stereocenters. The highest BCUT2D eigenvalue weighted by Crippen LogP contribution is 2.48. The number of pyridine rings is 1. The molecule has 0 saturated carbocycles. The predicted molar refractivity (Wildman–Crippen MR) is 93.8 cm³/mol. The van der Waals surface area contributed by atoms with Gasteiger partial charge in [0.1, 0.15) is 11.2 Å². The molecule has 2 heterocycles. The van der Waals surface area contributed by atoms with Crippen LogP contribution in [-0.2, 0) is 5.41 Å². The summed E-state index contributed by atoms with van der Waals surface area (Å²) in [5.74, 6) is 0. The lowest BCUT2D eigenvalue weighted by Gasteiger charge is -2.27. The smallest absolute Gasteiger partial charge is 0.136 e. The number of furan rings is 1. The molecule has 2 aromatic heterocycles. The first-order valence-electron chi connectivity index (χ1n) is 7.99. The second kappa shape index (κ2) is 4.02. The molecule has 5 rings (SSSR count). The minimum Gasteiger partial charge on any atom is -0.456 e. The van der Waals surface area contributed by atoms with Gasteiger partial charge < -0.3 is 4.42 Å². The Kier molecular flexibility index (Phi) is 2.25. The Bertz CT molecular complexity index is 1100. The first-order chi connectivity index (χ1) is 11.1. The Morgan fingerprint density at radius 3 is 2.48 bits per heavy atom. The van der Waals surface area contributed by atoms with Crippen LogP contribution in [0.5, 0.6) is 0 Å². The molecule has 2 nitrogen and oxygen atoms in total. The fourth-order valence-electron chi connectivity index (χ4n) is 3.99. The molecule has 2 heteroatoms. The van der Waals surface area contributed by atoms with Crippen molar-refractivity contribution < 1.29 is 4.42 Å². The van der Waals surface area contributed by atoms with E-state index in [-0.39, 0.29) is 5.41 Å². The van der Waals surface area contributed by atoms with E-state index in [1.807, 2.05) is 6.20 Å². The average Bonchev–Trinajstić information content (AvgIpc) is 2.89. The Morgan fingerprint density at radius 2 is 1.65 bits per heavy atom. The largest absolute Gasteiger partial charge is 0.456 e. The number of aromatic nitrogens is 1. The molecule has 0 saturated heterocycles. The molecule has 23 heavy (non-hydrogen) atoms. The van der Waals surface area contributed by atoms with Gasteiger partial charge in [0.25, 0.3) is 0 Å². The fourth-order valence-corrected chi connectivity index (χ4v) is 3.99. The van der Waals surface area contributed by atoms with Crippen LogP contribution in [0.3, 0.4) is 0 Å². The lowest BCUT2D eigenvalue weighted by Crippen LogP contribution is -2.20. The molecule has 0 radical (unpaired) electrons. The van der Waals surface area contributed by atoms with E-state index in [9.17, 15) is 0 Å². The number of rotatable bonds is 0. The van der Waals surface area contributed by atoms with Crippen molar-refractivity contribution in [1.29, 1.82) is 0 Å². The molecular weight excluding hydrogens is 282 g/mol. The standard InChI is InChI=1S/C21H17NO/c1-12-10-15-20(22-11-12)13-6-4-8-16-18(13)19-14(21(15,2)3)7-5-9-17(19)23-16/h4-11H,1-3H3. The van der Waals surface area contributed by atoms with E-state index in [2.05, 4.69) is 63.2 Å². The SMILES string of the molecule is Cc1cnc2c(c1)C(C)(C)c1cccc3oc4cccc-2c4c13. The minimum atomic E-state index is -0.121. The van der Waals surface area contributed by atoms with Crippen LogP contribution in [0.1, 0.15) is 30.5 Å². The molecule has 0 fully saturated rings. The summed E-state index contributed by atoms with van der Waals surface area (Å²) in [6.07, 6.45) is 1.96. The molecule has 0 bridgehead atoms. The maximum Gasteiger partial charge on any atom is 0.136 e. The maximum absolute atomic E-state index is 6.11. The van der Waals surface area contributed by atoms with Gasteiger partial charge in [0, 0.05) is 27.9 Å². The van der Waals surface area contributed by atoms with Gasteiger partial charge in [-0.25, -0.2) is 0 Å². The predicted octanol–water partition coefficient (Wildman–Crippen LogP) is 5.60. The summed E-state index contributed by atoms with van der Waals surface area (Å²) in [7, 11) is 0. The highest BCUT2D eigenvalue weighted by atomic mass is 16.3. The number of hydrogen-bond acceptors (Lipinski definition) is 2. The van der Waals surface area contributed by atoms with Crippen molar-refractivity contribution >= 4 is 21.9 Å².